The van der Waals surface area contributed by atoms with Crippen molar-refractivity contribution in [3.05, 3.63) is 59.1 Å². The molecule has 3 aromatic rings. The van der Waals surface area contributed by atoms with Crippen LogP contribution in [0, 0.1) is 0 Å². The van der Waals surface area contributed by atoms with Crippen molar-refractivity contribution in [2.45, 2.75) is 26.8 Å². The van der Waals surface area contributed by atoms with Crippen molar-refractivity contribution in [1.29, 1.82) is 0 Å². The predicted molar refractivity (Wildman–Crippen MR) is 116 cm³/mol. The third-order valence-electron chi connectivity index (χ3n) is 4.85. The molecular formula is C23H24N2O4S. The predicted octanol–water partition coefficient (Wildman–Crippen LogP) is 4.53. The van der Waals surface area contributed by atoms with Crippen molar-refractivity contribution in [2.24, 2.45) is 0 Å². The molecule has 4 rings (SSSR count). The van der Waals surface area contributed by atoms with Crippen LogP contribution in [-0.2, 0) is 17.8 Å². The lowest BCUT2D eigenvalue weighted by molar-refractivity contribution is -0.130. The van der Waals surface area contributed by atoms with Gasteiger partial charge in [-0.2, -0.15) is 0 Å². The van der Waals surface area contributed by atoms with E-state index in [1.54, 1.807) is 0 Å². The highest BCUT2D eigenvalue weighted by molar-refractivity contribution is 7.13. The summed E-state index contributed by atoms with van der Waals surface area (Å²) in [4.78, 5) is 19.4. The SMILES string of the molecule is CCOc1ccccc1-c1nc(CC(=O)N(CC)Cc2ccc3c(c2)OCO3)cs1. The number of thiazole rings is 1. The molecule has 0 saturated carbocycles. The molecule has 1 aliphatic rings. The van der Waals surface area contributed by atoms with Gasteiger partial charge in [0.25, 0.3) is 0 Å². The summed E-state index contributed by atoms with van der Waals surface area (Å²) in [6.45, 7) is 5.93. The number of para-hydroxylation sites is 1. The van der Waals surface area contributed by atoms with Crippen LogP contribution in [-0.4, -0.2) is 35.7 Å². The number of ether oxygens (including phenoxy) is 3. The van der Waals surface area contributed by atoms with Gasteiger partial charge in [0.15, 0.2) is 11.5 Å². The minimum Gasteiger partial charge on any atom is -0.493 e. The molecule has 0 saturated heterocycles. The summed E-state index contributed by atoms with van der Waals surface area (Å²) in [5, 5.41) is 2.81. The molecular weight excluding hydrogens is 400 g/mol. The number of hydrogen-bond donors (Lipinski definition) is 0. The van der Waals surface area contributed by atoms with Gasteiger partial charge in [-0.05, 0) is 43.7 Å². The van der Waals surface area contributed by atoms with Crippen LogP contribution in [0.4, 0.5) is 0 Å². The van der Waals surface area contributed by atoms with Gasteiger partial charge in [-0.25, -0.2) is 4.98 Å². The maximum atomic E-state index is 12.9. The Kier molecular flexibility index (Phi) is 6.18. The van der Waals surface area contributed by atoms with E-state index in [4.69, 9.17) is 14.2 Å². The van der Waals surface area contributed by atoms with E-state index in [1.165, 1.54) is 11.3 Å². The molecule has 0 N–H and O–H groups in total. The second kappa shape index (κ2) is 9.17. The summed E-state index contributed by atoms with van der Waals surface area (Å²) in [5.74, 6) is 2.33. The highest BCUT2D eigenvalue weighted by Crippen LogP contribution is 2.34. The summed E-state index contributed by atoms with van der Waals surface area (Å²) in [7, 11) is 0. The van der Waals surface area contributed by atoms with E-state index >= 15 is 0 Å². The monoisotopic (exact) mass is 424 g/mol. The van der Waals surface area contributed by atoms with Crippen LogP contribution in [0.1, 0.15) is 25.1 Å². The van der Waals surface area contributed by atoms with Crippen LogP contribution >= 0.6 is 11.3 Å². The third-order valence-corrected chi connectivity index (χ3v) is 5.77. The molecule has 7 heteroatoms. The van der Waals surface area contributed by atoms with Crippen LogP contribution in [0.15, 0.2) is 47.8 Å². The standard InChI is InChI=1S/C23H24N2O4S/c1-3-25(13-16-9-10-20-21(11-16)29-15-28-20)22(26)12-17-14-30-23(24-17)18-7-5-6-8-19(18)27-4-2/h5-11,14H,3-4,12-13,15H2,1-2H3. The van der Waals surface area contributed by atoms with E-state index in [2.05, 4.69) is 4.98 Å². The molecule has 30 heavy (non-hydrogen) atoms. The molecule has 0 radical (unpaired) electrons. The van der Waals surface area contributed by atoms with Crippen LogP contribution < -0.4 is 14.2 Å². The van der Waals surface area contributed by atoms with Gasteiger partial charge in [-0.15, -0.1) is 11.3 Å². The van der Waals surface area contributed by atoms with Crippen LogP contribution in [0.25, 0.3) is 10.6 Å². The topological polar surface area (TPSA) is 60.9 Å². The first kappa shape index (κ1) is 20.2. The Balaban J connectivity index is 1.44. The molecule has 0 unspecified atom stereocenters. The summed E-state index contributed by atoms with van der Waals surface area (Å²) in [6.07, 6.45) is 0.270. The van der Waals surface area contributed by atoms with Gasteiger partial charge >= 0.3 is 0 Å². The van der Waals surface area contributed by atoms with Crippen molar-refractivity contribution < 1.29 is 19.0 Å². The Morgan fingerprint density at radius 2 is 2.00 bits per heavy atom. The zero-order chi connectivity index (χ0) is 20.9. The molecule has 0 fully saturated rings. The zero-order valence-corrected chi connectivity index (χ0v) is 17.9. The number of fused-ring (bicyclic) bond motifs is 1. The highest BCUT2D eigenvalue weighted by atomic mass is 32.1. The molecule has 2 heterocycles. The number of hydrogen-bond acceptors (Lipinski definition) is 6. The Morgan fingerprint density at radius 1 is 1.17 bits per heavy atom. The molecule has 0 aliphatic carbocycles. The molecule has 0 spiro atoms. The normalized spacial score (nSPS) is 12.1. The lowest BCUT2D eigenvalue weighted by atomic mass is 10.1. The number of carbonyl (C=O) groups is 1. The minimum absolute atomic E-state index is 0.0464. The van der Waals surface area contributed by atoms with Crippen molar-refractivity contribution in [1.82, 2.24) is 9.88 Å². The average Bonchev–Trinajstić information content (AvgIpc) is 3.41. The summed E-state index contributed by atoms with van der Waals surface area (Å²) < 4.78 is 16.5. The molecule has 6 nitrogen and oxygen atoms in total. The lowest BCUT2D eigenvalue weighted by Gasteiger charge is -2.20. The fourth-order valence-electron chi connectivity index (χ4n) is 3.34. The lowest BCUT2D eigenvalue weighted by Crippen LogP contribution is -2.31. The Bertz CT molecular complexity index is 1030. The van der Waals surface area contributed by atoms with Crippen molar-refractivity contribution >= 4 is 17.2 Å². The highest BCUT2D eigenvalue weighted by Gasteiger charge is 2.18. The van der Waals surface area contributed by atoms with Gasteiger partial charge in [0.1, 0.15) is 10.8 Å². The van der Waals surface area contributed by atoms with Gasteiger partial charge < -0.3 is 19.1 Å². The first-order valence-corrected chi connectivity index (χ1v) is 10.9. The van der Waals surface area contributed by atoms with E-state index < -0.39 is 0 Å². The first-order valence-electron chi connectivity index (χ1n) is 10.0. The molecule has 0 bridgehead atoms. The molecule has 0 atom stereocenters. The van der Waals surface area contributed by atoms with Crippen LogP contribution in [0.2, 0.25) is 0 Å². The van der Waals surface area contributed by atoms with E-state index in [1.807, 2.05) is 66.6 Å². The van der Waals surface area contributed by atoms with Gasteiger partial charge in [0, 0.05) is 18.5 Å². The fraction of sp³-hybridized carbons (Fsp3) is 0.304. The average molecular weight is 425 g/mol. The van der Waals surface area contributed by atoms with Crippen molar-refractivity contribution in [3.8, 4) is 27.8 Å². The van der Waals surface area contributed by atoms with E-state index in [-0.39, 0.29) is 19.1 Å². The van der Waals surface area contributed by atoms with Gasteiger partial charge in [0.05, 0.1) is 24.3 Å². The number of aromatic nitrogens is 1. The van der Waals surface area contributed by atoms with E-state index in [0.29, 0.717) is 19.7 Å². The largest absolute Gasteiger partial charge is 0.493 e. The second-order valence-corrected chi connectivity index (χ2v) is 7.70. The smallest absolute Gasteiger partial charge is 0.231 e. The Labute approximate surface area is 180 Å². The number of benzene rings is 2. The fourth-order valence-corrected chi connectivity index (χ4v) is 4.19. The molecule has 2 aromatic carbocycles. The number of likely N-dealkylation sites (N-methyl/N-ethyl adjacent to an activating group) is 1. The number of rotatable bonds is 8. The number of amides is 1. The van der Waals surface area contributed by atoms with Gasteiger partial charge in [-0.1, -0.05) is 18.2 Å². The first-order chi connectivity index (χ1) is 14.7. The summed E-state index contributed by atoms with van der Waals surface area (Å²) in [6, 6.07) is 13.6. The van der Waals surface area contributed by atoms with E-state index in [0.717, 1.165) is 39.1 Å². The number of nitrogens with zero attached hydrogens (tertiary/aromatic N) is 2. The maximum Gasteiger partial charge on any atom is 0.231 e. The summed E-state index contributed by atoms with van der Waals surface area (Å²) in [5.41, 5.74) is 2.74. The van der Waals surface area contributed by atoms with E-state index in [9.17, 15) is 4.79 Å². The Morgan fingerprint density at radius 3 is 2.83 bits per heavy atom. The van der Waals surface area contributed by atoms with Crippen molar-refractivity contribution in [3.63, 3.8) is 0 Å². The molecule has 1 aliphatic heterocycles. The zero-order valence-electron chi connectivity index (χ0n) is 17.1. The maximum absolute atomic E-state index is 12.9. The minimum atomic E-state index is 0.0464. The molecule has 1 aromatic heterocycles. The van der Waals surface area contributed by atoms with Crippen molar-refractivity contribution in [2.75, 3.05) is 19.9 Å². The molecule has 1 amide bonds. The second-order valence-electron chi connectivity index (χ2n) is 6.85. The van der Waals surface area contributed by atoms with Crippen LogP contribution in [0.5, 0.6) is 17.2 Å². The Hall–Kier alpha value is -3.06. The summed E-state index contributed by atoms with van der Waals surface area (Å²) >= 11 is 1.53. The third kappa shape index (κ3) is 4.41. The number of carbonyl (C=O) groups excluding carboxylic acids is 1. The van der Waals surface area contributed by atoms with Gasteiger partial charge in [0.2, 0.25) is 12.7 Å². The quantitative estimate of drug-likeness (QED) is 0.532. The van der Waals surface area contributed by atoms with Gasteiger partial charge in [-0.3, -0.25) is 4.79 Å². The molecule has 156 valence electrons. The van der Waals surface area contributed by atoms with Crippen LogP contribution in [0.3, 0.4) is 0 Å².